The average Bonchev–Trinajstić information content (AvgIpc) is 3.33. The number of hydrogen-bond donors (Lipinski definition) is 3. The first-order valence-corrected chi connectivity index (χ1v) is 39.9. The van der Waals surface area contributed by atoms with Crippen LogP contribution in [0, 0.1) is 0 Å². The molecule has 19 heteroatoms. The van der Waals surface area contributed by atoms with Crippen molar-refractivity contribution in [2.24, 2.45) is 0 Å². The van der Waals surface area contributed by atoms with Gasteiger partial charge >= 0.3 is 39.5 Å². The van der Waals surface area contributed by atoms with Crippen LogP contribution >= 0.6 is 15.6 Å². The minimum Gasteiger partial charge on any atom is -0.462 e. The fourth-order valence-electron chi connectivity index (χ4n) is 10.1. The lowest BCUT2D eigenvalue weighted by Crippen LogP contribution is -2.30. The predicted molar refractivity (Wildman–Crippen MR) is 372 cm³/mol. The third kappa shape index (κ3) is 65.7. The summed E-state index contributed by atoms with van der Waals surface area (Å²) in [6.45, 7) is 4.79. The summed E-state index contributed by atoms with van der Waals surface area (Å²) in [6.07, 6.45) is 61.1. The summed E-state index contributed by atoms with van der Waals surface area (Å²) in [6, 6.07) is 0. The molecular formula is C73H134O17P2. The monoisotopic (exact) mass is 1340 g/mol. The molecule has 538 valence electrons. The molecule has 5 unspecified atom stereocenters. The van der Waals surface area contributed by atoms with Gasteiger partial charge in [-0.3, -0.25) is 37.3 Å². The Labute approximate surface area is 559 Å². The molecule has 0 aromatic carbocycles. The number of esters is 4. The predicted octanol–water partition coefficient (Wildman–Crippen LogP) is 20.6. The lowest BCUT2D eigenvalue weighted by Gasteiger charge is -2.21. The molecule has 0 amide bonds. The fourth-order valence-corrected chi connectivity index (χ4v) is 11.7. The Bertz CT molecular complexity index is 1940. The fraction of sp³-hybridized carbons (Fsp3) is 0.836. The lowest BCUT2D eigenvalue weighted by atomic mass is 10.0. The summed E-state index contributed by atoms with van der Waals surface area (Å²) in [4.78, 5) is 72.6. The SMILES string of the molecule is CCC/C=C\C/C=C\CCCCCCCC(=O)OCC(COP(=O)(O)OCC(O)COP(=O)(O)OCC(COC(=O)CCCCCCC/C=C\C/C=C\CCCCC)OC(=O)CCCCCCCCCCCCC)OC(=O)CCCCCCCCCCCCCCC. The molecular weight excluding hydrogens is 1210 g/mol. The zero-order valence-corrected chi connectivity index (χ0v) is 60.3. The third-order valence-electron chi connectivity index (χ3n) is 15.8. The highest BCUT2D eigenvalue weighted by Gasteiger charge is 2.30. The van der Waals surface area contributed by atoms with Crippen LogP contribution in [-0.4, -0.2) is 96.7 Å². The van der Waals surface area contributed by atoms with E-state index in [0.717, 1.165) is 148 Å². The molecule has 0 rings (SSSR count). The second-order valence-corrected chi connectivity index (χ2v) is 27.8. The number of phosphoric acid groups is 2. The van der Waals surface area contributed by atoms with E-state index in [4.69, 9.17) is 37.0 Å². The maximum atomic E-state index is 13.0. The summed E-state index contributed by atoms with van der Waals surface area (Å²) in [5, 5.41) is 10.6. The van der Waals surface area contributed by atoms with Crippen LogP contribution in [0.5, 0.6) is 0 Å². The highest BCUT2D eigenvalue weighted by Crippen LogP contribution is 2.45. The number of aliphatic hydroxyl groups excluding tert-OH is 1. The smallest absolute Gasteiger partial charge is 0.462 e. The standard InChI is InChI=1S/C73H134O17P2/c1-5-9-13-17-21-25-29-32-33-36-39-42-46-50-54-58-71(76)84-63-68(89-72(77)59-55-51-47-43-37-28-24-20-16-12-8-4)65-87-91(79,80)85-61-67(74)62-86-92(81,82)88-66-69(90-73(78)60-56-52-48-44-40-35-31-27-23-19-15-11-7-3)64-83-70(75)57-53-49-45-41-38-34-30-26-22-18-14-10-6-2/h14,18,21,25-26,30,32-33,67-69,74H,5-13,15-17,19-20,22-24,27-29,31,34-66H2,1-4H3,(H,79,80)(H,81,82)/b18-14-,25-21-,30-26-,33-32-. The lowest BCUT2D eigenvalue weighted by molar-refractivity contribution is -0.161. The number of allylic oxidation sites excluding steroid dienone is 8. The molecule has 0 aliphatic heterocycles. The van der Waals surface area contributed by atoms with Crippen molar-refractivity contribution in [1.29, 1.82) is 0 Å². The number of carbonyl (C=O) groups is 4. The highest BCUT2D eigenvalue weighted by atomic mass is 31.2. The quantitative estimate of drug-likeness (QED) is 0.0169. The summed E-state index contributed by atoms with van der Waals surface area (Å²) in [7, 11) is -9.92. The zero-order valence-electron chi connectivity index (χ0n) is 58.5. The maximum Gasteiger partial charge on any atom is 0.472 e. The van der Waals surface area contributed by atoms with Gasteiger partial charge in [0.1, 0.15) is 19.3 Å². The largest absolute Gasteiger partial charge is 0.472 e. The summed E-state index contributed by atoms with van der Waals surface area (Å²) in [5.74, 6) is -2.17. The molecule has 0 aliphatic carbocycles. The summed E-state index contributed by atoms with van der Waals surface area (Å²) < 4.78 is 68.3. The van der Waals surface area contributed by atoms with Gasteiger partial charge in [0.05, 0.1) is 26.4 Å². The molecule has 0 fully saturated rings. The van der Waals surface area contributed by atoms with Gasteiger partial charge in [-0.1, -0.05) is 275 Å². The average molecular weight is 1350 g/mol. The Morgan fingerprint density at radius 2 is 0.554 bits per heavy atom. The Kier molecular flexibility index (Phi) is 64.5. The van der Waals surface area contributed by atoms with Gasteiger partial charge in [0.2, 0.25) is 0 Å². The molecule has 0 spiro atoms. The molecule has 0 aliphatic rings. The minimum atomic E-state index is -4.96. The molecule has 3 N–H and O–H groups in total. The van der Waals surface area contributed by atoms with Gasteiger partial charge in [-0.25, -0.2) is 9.13 Å². The molecule has 92 heavy (non-hydrogen) atoms. The van der Waals surface area contributed by atoms with Crippen molar-refractivity contribution < 1.29 is 80.2 Å². The molecule has 0 radical (unpaired) electrons. The molecule has 17 nitrogen and oxygen atoms in total. The van der Waals surface area contributed by atoms with E-state index >= 15 is 0 Å². The number of rotatable bonds is 70. The summed E-state index contributed by atoms with van der Waals surface area (Å²) in [5.41, 5.74) is 0. The van der Waals surface area contributed by atoms with Gasteiger partial charge in [-0.2, -0.15) is 0 Å². The second kappa shape index (κ2) is 66.6. The third-order valence-corrected chi connectivity index (χ3v) is 17.7. The molecule has 0 aromatic heterocycles. The van der Waals surface area contributed by atoms with E-state index in [-0.39, 0.29) is 25.7 Å². The van der Waals surface area contributed by atoms with Gasteiger partial charge in [0.25, 0.3) is 0 Å². The van der Waals surface area contributed by atoms with Gasteiger partial charge in [-0.05, 0) is 83.5 Å². The Morgan fingerprint density at radius 3 is 0.870 bits per heavy atom. The summed E-state index contributed by atoms with van der Waals surface area (Å²) >= 11 is 0. The van der Waals surface area contributed by atoms with Crippen LogP contribution in [0.15, 0.2) is 48.6 Å². The van der Waals surface area contributed by atoms with Crippen LogP contribution in [0.2, 0.25) is 0 Å². The number of hydrogen-bond acceptors (Lipinski definition) is 15. The van der Waals surface area contributed by atoms with Crippen LogP contribution in [0.1, 0.15) is 336 Å². The van der Waals surface area contributed by atoms with Gasteiger partial charge in [-0.15, -0.1) is 0 Å². The Hall–Kier alpha value is -2.98. The van der Waals surface area contributed by atoms with E-state index < -0.39 is 97.5 Å². The van der Waals surface area contributed by atoms with Gasteiger partial charge in [0, 0.05) is 25.7 Å². The number of phosphoric ester groups is 2. The van der Waals surface area contributed by atoms with Crippen LogP contribution in [0.25, 0.3) is 0 Å². The number of aliphatic hydroxyl groups is 1. The first-order chi connectivity index (χ1) is 44.7. The van der Waals surface area contributed by atoms with Crippen molar-refractivity contribution in [3.63, 3.8) is 0 Å². The van der Waals surface area contributed by atoms with E-state index in [0.29, 0.717) is 25.7 Å². The molecule has 0 bridgehead atoms. The number of carbonyl (C=O) groups excluding carboxylic acids is 4. The van der Waals surface area contributed by atoms with E-state index in [1.807, 2.05) is 0 Å². The van der Waals surface area contributed by atoms with Crippen molar-refractivity contribution in [3.8, 4) is 0 Å². The van der Waals surface area contributed by atoms with Crippen molar-refractivity contribution in [1.82, 2.24) is 0 Å². The highest BCUT2D eigenvalue weighted by molar-refractivity contribution is 7.47. The van der Waals surface area contributed by atoms with Crippen molar-refractivity contribution in [3.05, 3.63) is 48.6 Å². The van der Waals surface area contributed by atoms with Crippen LogP contribution in [-0.2, 0) is 65.4 Å². The first-order valence-electron chi connectivity index (χ1n) is 36.9. The van der Waals surface area contributed by atoms with E-state index in [9.17, 15) is 43.2 Å². The second-order valence-electron chi connectivity index (χ2n) is 24.9. The van der Waals surface area contributed by atoms with Crippen molar-refractivity contribution in [2.45, 2.75) is 354 Å². The van der Waals surface area contributed by atoms with E-state index in [1.54, 1.807) is 0 Å². The van der Waals surface area contributed by atoms with Crippen molar-refractivity contribution >= 4 is 39.5 Å². The molecule has 0 saturated heterocycles. The molecule has 0 saturated carbocycles. The van der Waals surface area contributed by atoms with Crippen LogP contribution in [0.3, 0.4) is 0 Å². The minimum absolute atomic E-state index is 0.0985. The zero-order chi connectivity index (χ0) is 67.5. The van der Waals surface area contributed by atoms with Crippen LogP contribution in [0.4, 0.5) is 0 Å². The maximum absolute atomic E-state index is 13.0. The van der Waals surface area contributed by atoms with E-state index in [1.165, 1.54) is 109 Å². The normalized spacial score (nSPS) is 14.3. The topological polar surface area (TPSA) is 237 Å². The Morgan fingerprint density at radius 1 is 0.304 bits per heavy atom. The number of unbranched alkanes of at least 4 members (excludes halogenated alkanes) is 36. The first kappa shape index (κ1) is 89.0. The Balaban J connectivity index is 5.30. The number of ether oxygens (including phenoxy) is 4. The van der Waals surface area contributed by atoms with Crippen molar-refractivity contribution in [2.75, 3.05) is 39.6 Å². The molecule has 5 atom stereocenters. The van der Waals surface area contributed by atoms with Gasteiger partial charge in [0.15, 0.2) is 12.2 Å². The van der Waals surface area contributed by atoms with Crippen LogP contribution < -0.4 is 0 Å². The van der Waals surface area contributed by atoms with E-state index in [2.05, 4.69) is 76.3 Å². The molecule has 0 heterocycles. The molecule has 0 aromatic rings. The van der Waals surface area contributed by atoms with Gasteiger partial charge < -0.3 is 33.8 Å².